The van der Waals surface area contributed by atoms with Crippen LogP contribution in [0.25, 0.3) is 0 Å². The number of hydrogen-bond donors (Lipinski definition) is 0. The highest BCUT2D eigenvalue weighted by molar-refractivity contribution is 6.06. The molecule has 1 amide bonds. The second kappa shape index (κ2) is 9.92. The molecule has 4 rings (SSSR count). The lowest BCUT2D eigenvalue weighted by Crippen LogP contribution is -2.47. The van der Waals surface area contributed by atoms with Crippen molar-refractivity contribution < 1.29 is 18.3 Å². The summed E-state index contributed by atoms with van der Waals surface area (Å²) in [6, 6.07) is 19.8. The fourth-order valence-corrected chi connectivity index (χ4v) is 4.17. The molecule has 0 unspecified atom stereocenters. The first-order chi connectivity index (χ1) is 15.5. The van der Waals surface area contributed by atoms with Gasteiger partial charge in [-0.05, 0) is 67.4 Å². The Balaban J connectivity index is 1.52. The van der Waals surface area contributed by atoms with E-state index >= 15 is 0 Å². The zero-order valence-corrected chi connectivity index (χ0v) is 18.0. The van der Waals surface area contributed by atoms with Gasteiger partial charge >= 0.3 is 0 Å². The smallest absolute Gasteiger partial charge is 0.258 e. The van der Waals surface area contributed by atoms with Crippen molar-refractivity contribution in [2.45, 2.75) is 25.4 Å². The van der Waals surface area contributed by atoms with E-state index in [1.807, 2.05) is 6.07 Å². The van der Waals surface area contributed by atoms with Gasteiger partial charge in [-0.25, -0.2) is 8.78 Å². The van der Waals surface area contributed by atoms with Crippen LogP contribution >= 0.6 is 0 Å². The third-order valence-corrected chi connectivity index (χ3v) is 5.93. The molecule has 0 atom stereocenters. The van der Waals surface area contributed by atoms with Crippen LogP contribution in [-0.2, 0) is 6.54 Å². The maximum absolute atomic E-state index is 14.0. The van der Waals surface area contributed by atoms with Crippen molar-refractivity contribution in [3.8, 4) is 5.75 Å². The first-order valence-corrected chi connectivity index (χ1v) is 10.7. The Morgan fingerprint density at radius 1 is 0.969 bits per heavy atom. The van der Waals surface area contributed by atoms with Gasteiger partial charge in [-0.2, -0.15) is 0 Å². The Kier molecular flexibility index (Phi) is 6.81. The minimum atomic E-state index is -0.342. The summed E-state index contributed by atoms with van der Waals surface area (Å²) in [4.78, 5) is 17.4. The van der Waals surface area contributed by atoms with Crippen molar-refractivity contribution in [1.29, 1.82) is 0 Å². The van der Waals surface area contributed by atoms with Crippen LogP contribution in [0.1, 0.15) is 28.8 Å². The van der Waals surface area contributed by atoms with E-state index in [9.17, 15) is 13.6 Å². The number of hydrogen-bond acceptors (Lipinski definition) is 3. The molecule has 1 aliphatic heterocycles. The predicted molar refractivity (Wildman–Crippen MR) is 121 cm³/mol. The maximum Gasteiger partial charge on any atom is 0.258 e. The number of carbonyl (C=O) groups excluding carboxylic acids is 1. The highest BCUT2D eigenvalue weighted by Gasteiger charge is 2.30. The van der Waals surface area contributed by atoms with Crippen molar-refractivity contribution in [1.82, 2.24) is 4.90 Å². The number of carbonyl (C=O) groups is 1. The summed E-state index contributed by atoms with van der Waals surface area (Å²) in [7, 11) is 1.58. The Labute approximate surface area is 187 Å². The number of anilines is 1. The Morgan fingerprint density at radius 3 is 2.25 bits per heavy atom. The fraction of sp³-hybridized carbons (Fsp3) is 0.269. The maximum atomic E-state index is 14.0. The van der Waals surface area contributed by atoms with Crippen molar-refractivity contribution >= 4 is 11.6 Å². The first-order valence-electron chi connectivity index (χ1n) is 10.7. The van der Waals surface area contributed by atoms with Crippen molar-refractivity contribution in [3.63, 3.8) is 0 Å². The van der Waals surface area contributed by atoms with Gasteiger partial charge in [0.1, 0.15) is 17.4 Å². The molecule has 166 valence electrons. The lowest BCUT2D eigenvalue weighted by atomic mass is 10.00. The van der Waals surface area contributed by atoms with Gasteiger partial charge in [0.25, 0.3) is 5.91 Å². The number of piperidine rings is 1. The number of ether oxygens (including phenoxy) is 1. The average molecular weight is 437 g/mol. The van der Waals surface area contributed by atoms with Crippen LogP contribution in [0, 0.1) is 11.6 Å². The van der Waals surface area contributed by atoms with Gasteiger partial charge in [-0.15, -0.1) is 0 Å². The van der Waals surface area contributed by atoms with E-state index in [2.05, 4.69) is 4.90 Å². The molecular weight excluding hydrogens is 410 g/mol. The van der Waals surface area contributed by atoms with Gasteiger partial charge < -0.3 is 9.64 Å². The third-order valence-electron chi connectivity index (χ3n) is 5.93. The Hall–Kier alpha value is -3.25. The molecule has 1 saturated heterocycles. The molecule has 0 aromatic heterocycles. The molecule has 0 aliphatic carbocycles. The molecule has 1 heterocycles. The van der Waals surface area contributed by atoms with E-state index < -0.39 is 0 Å². The molecule has 4 nitrogen and oxygen atoms in total. The van der Waals surface area contributed by atoms with E-state index in [4.69, 9.17) is 4.74 Å². The van der Waals surface area contributed by atoms with E-state index in [1.54, 1.807) is 60.5 Å². The molecule has 1 fully saturated rings. The standard InChI is InChI=1S/C26H26F2N2O2/c1-32-24-12-6-19(7-13-24)26(31)30(22-10-8-21(27)9-11-22)23-14-16-29(17-15-23)18-20-4-2-3-5-25(20)28/h2-13,23H,14-18H2,1H3. The van der Waals surface area contributed by atoms with Crippen molar-refractivity contribution in [3.05, 3.63) is 95.6 Å². The fourth-order valence-electron chi connectivity index (χ4n) is 4.17. The molecule has 6 heteroatoms. The highest BCUT2D eigenvalue weighted by atomic mass is 19.1. The summed E-state index contributed by atoms with van der Waals surface area (Å²) >= 11 is 0. The molecule has 1 aliphatic rings. The topological polar surface area (TPSA) is 32.8 Å². The monoisotopic (exact) mass is 436 g/mol. The molecule has 32 heavy (non-hydrogen) atoms. The normalized spacial score (nSPS) is 14.8. The number of halogens is 2. The number of rotatable bonds is 6. The van der Waals surface area contributed by atoms with E-state index in [1.165, 1.54) is 18.2 Å². The van der Waals surface area contributed by atoms with E-state index in [-0.39, 0.29) is 23.6 Å². The summed E-state index contributed by atoms with van der Waals surface area (Å²) in [5, 5.41) is 0. The molecule has 0 bridgehead atoms. The van der Waals surface area contributed by atoms with E-state index in [0.29, 0.717) is 29.1 Å². The summed E-state index contributed by atoms with van der Waals surface area (Å²) < 4.78 is 32.8. The largest absolute Gasteiger partial charge is 0.497 e. The minimum absolute atomic E-state index is 0.0352. The van der Waals surface area contributed by atoms with Crippen LogP contribution in [-0.4, -0.2) is 37.0 Å². The minimum Gasteiger partial charge on any atom is -0.497 e. The second-order valence-corrected chi connectivity index (χ2v) is 7.98. The Bertz CT molecular complexity index is 1050. The number of likely N-dealkylation sites (tertiary alicyclic amines) is 1. The van der Waals surface area contributed by atoms with Crippen LogP contribution in [0.5, 0.6) is 5.75 Å². The van der Waals surface area contributed by atoms with E-state index in [0.717, 1.165) is 25.9 Å². The number of amides is 1. The first kappa shape index (κ1) is 22.0. The summed E-state index contributed by atoms with van der Waals surface area (Å²) in [6.45, 7) is 2.03. The summed E-state index contributed by atoms with van der Waals surface area (Å²) in [5.74, 6) is 0.00528. The quantitative estimate of drug-likeness (QED) is 0.527. The van der Waals surface area contributed by atoms with Gasteiger partial charge in [-0.3, -0.25) is 9.69 Å². The van der Waals surface area contributed by atoms with Crippen molar-refractivity contribution in [2.24, 2.45) is 0 Å². The number of benzene rings is 3. The van der Waals surface area contributed by atoms with Gasteiger partial charge in [0.15, 0.2) is 0 Å². The molecule has 0 N–H and O–H groups in total. The number of methoxy groups -OCH3 is 1. The molecular formula is C26H26F2N2O2. The molecule has 3 aromatic carbocycles. The summed E-state index contributed by atoms with van der Waals surface area (Å²) in [5.41, 5.74) is 1.89. The van der Waals surface area contributed by atoms with Gasteiger partial charge in [-0.1, -0.05) is 18.2 Å². The zero-order chi connectivity index (χ0) is 22.5. The molecule has 0 saturated carbocycles. The van der Waals surface area contributed by atoms with Crippen LogP contribution in [0.2, 0.25) is 0 Å². The van der Waals surface area contributed by atoms with Crippen LogP contribution in [0.4, 0.5) is 14.5 Å². The number of nitrogens with zero attached hydrogens (tertiary/aromatic N) is 2. The summed E-state index contributed by atoms with van der Waals surface area (Å²) in [6.07, 6.45) is 1.49. The van der Waals surface area contributed by atoms with Crippen molar-refractivity contribution in [2.75, 3.05) is 25.1 Å². The lowest BCUT2D eigenvalue weighted by molar-refractivity contribution is 0.0958. The van der Waals surface area contributed by atoms with Crippen LogP contribution in [0.15, 0.2) is 72.8 Å². The van der Waals surface area contributed by atoms with Gasteiger partial charge in [0, 0.05) is 42.5 Å². The molecule has 3 aromatic rings. The van der Waals surface area contributed by atoms with Crippen LogP contribution < -0.4 is 9.64 Å². The lowest BCUT2D eigenvalue weighted by Gasteiger charge is -2.38. The predicted octanol–water partition coefficient (Wildman–Crippen LogP) is 5.28. The third kappa shape index (κ3) is 4.97. The average Bonchev–Trinajstić information content (AvgIpc) is 2.83. The highest BCUT2D eigenvalue weighted by Crippen LogP contribution is 2.27. The zero-order valence-electron chi connectivity index (χ0n) is 18.0. The SMILES string of the molecule is COc1ccc(C(=O)N(c2ccc(F)cc2)C2CCN(Cc3ccccc3F)CC2)cc1. The Morgan fingerprint density at radius 2 is 1.62 bits per heavy atom. The second-order valence-electron chi connectivity index (χ2n) is 7.98. The molecule has 0 spiro atoms. The van der Waals surface area contributed by atoms with Gasteiger partial charge in [0.2, 0.25) is 0 Å². The van der Waals surface area contributed by atoms with Gasteiger partial charge in [0.05, 0.1) is 7.11 Å². The van der Waals surface area contributed by atoms with Crippen LogP contribution in [0.3, 0.4) is 0 Å². The molecule has 0 radical (unpaired) electrons.